The van der Waals surface area contributed by atoms with Crippen LogP contribution in [-0.4, -0.2) is 17.9 Å². The molecular weight excluding hydrogens is 338 g/mol. The Kier molecular flexibility index (Phi) is 3.41. The third-order valence-corrected chi connectivity index (χ3v) is 6.21. The molecule has 4 nitrogen and oxygen atoms in total. The van der Waals surface area contributed by atoms with Crippen molar-refractivity contribution in [2.75, 3.05) is 6.79 Å². The van der Waals surface area contributed by atoms with Crippen LogP contribution in [0.5, 0.6) is 11.5 Å². The highest BCUT2D eigenvalue weighted by Gasteiger charge is 2.39. The standard InChI is InChI=1S/C23H21NO3/c1-2-6-20-16(5-1)17-11-21-22(26-13-25-21)12-18(17)23(27-20)15-8-7-14-4-3-9-24-19(14)10-15/h3-4,7-12,16,20,23H,1-2,5-6,13H2/t16-,20-,23+/m1/s1. The molecule has 3 aliphatic rings. The van der Waals surface area contributed by atoms with E-state index in [0.29, 0.717) is 12.7 Å². The first kappa shape index (κ1) is 15.5. The predicted octanol–water partition coefficient (Wildman–Crippen LogP) is 5.11. The van der Waals surface area contributed by atoms with Crippen LogP contribution in [0.3, 0.4) is 0 Å². The lowest BCUT2D eigenvalue weighted by Crippen LogP contribution is -2.33. The molecule has 1 fully saturated rings. The summed E-state index contributed by atoms with van der Waals surface area (Å²) in [5, 5.41) is 1.15. The number of ether oxygens (including phenoxy) is 3. The summed E-state index contributed by atoms with van der Waals surface area (Å²) in [5.41, 5.74) is 4.76. The van der Waals surface area contributed by atoms with E-state index in [1.807, 2.05) is 12.3 Å². The zero-order chi connectivity index (χ0) is 17.8. The molecule has 0 saturated heterocycles. The van der Waals surface area contributed by atoms with Crippen LogP contribution in [-0.2, 0) is 4.74 Å². The van der Waals surface area contributed by atoms with E-state index in [4.69, 9.17) is 14.2 Å². The van der Waals surface area contributed by atoms with Crippen molar-refractivity contribution in [3.05, 3.63) is 65.4 Å². The average molecular weight is 359 g/mol. The molecule has 2 aromatic carbocycles. The van der Waals surface area contributed by atoms with Gasteiger partial charge in [0.15, 0.2) is 11.5 Å². The number of rotatable bonds is 1. The number of fused-ring (bicyclic) bond motifs is 5. The third-order valence-electron chi connectivity index (χ3n) is 6.21. The van der Waals surface area contributed by atoms with Crippen LogP contribution in [0.4, 0.5) is 0 Å². The minimum Gasteiger partial charge on any atom is -0.454 e. The number of benzene rings is 2. The Morgan fingerprint density at radius 1 is 0.889 bits per heavy atom. The van der Waals surface area contributed by atoms with Crippen molar-refractivity contribution < 1.29 is 14.2 Å². The number of aromatic nitrogens is 1. The molecule has 1 aliphatic carbocycles. The normalized spacial score (nSPS) is 25.9. The molecule has 0 unspecified atom stereocenters. The summed E-state index contributed by atoms with van der Waals surface area (Å²) in [6, 6.07) is 14.9. The number of nitrogens with zero attached hydrogens (tertiary/aromatic N) is 1. The first-order chi connectivity index (χ1) is 13.4. The van der Waals surface area contributed by atoms with Gasteiger partial charge in [0.1, 0.15) is 6.10 Å². The van der Waals surface area contributed by atoms with Crippen LogP contribution >= 0.6 is 0 Å². The van der Waals surface area contributed by atoms with Crippen LogP contribution in [0, 0.1) is 0 Å². The zero-order valence-electron chi connectivity index (χ0n) is 15.1. The molecule has 0 bridgehead atoms. The lowest BCUT2D eigenvalue weighted by atomic mass is 9.76. The van der Waals surface area contributed by atoms with Gasteiger partial charge in [0.25, 0.3) is 0 Å². The summed E-state index contributed by atoms with van der Waals surface area (Å²) in [6.07, 6.45) is 6.85. The van der Waals surface area contributed by atoms with Crippen molar-refractivity contribution in [2.45, 2.75) is 43.8 Å². The van der Waals surface area contributed by atoms with Gasteiger partial charge in [-0.15, -0.1) is 0 Å². The van der Waals surface area contributed by atoms with E-state index in [9.17, 15) is 0 Å². The van der Waals surface area contributed by atoms with Gasteiger partial charge in [-0.3, -0.25) is 4.98 Å². The summed E-state index contributed by atoms with van der Waals surface area (Å²) in [5.74, 6) is 2.16. The van der Waals surface area contributed by atoms with Crippen molar-refractivity contribution in [3.63, 3.8) is 0 Å². The second kappa shape index (κ2) is 5.96. The van der Waals surface area contributed by atoms with Gasteiger partial charge in [0, 0.05) is 17.5 Å². The van der Waals surface area contributed by atoms with Crippen molar-refractivity contribution in [3.8, 4) is 11.5 Å². The summed E-state index contributed by atoms with van der Waals surface area (Å²) >= 11 is 0. The highest BCUT2D eigenvalue weighted by atomic mass is 16.7. The Labute approximate surface area is 158 Å². The van der Waals surface area contributed by atoms with Crippen LogP contribution in [0.25, 0.3) is 10.9 Å². The molecule has 0 amide bonds. The molecule has 0 N–H and O–H groups in total. The third kappa shape index (κ3) is 2.43. The van der Waals surface area contributed by atoms with Crippen LogP contribution in [0.1, 0.15) is 54.4 Å². The molecule has 1 aromatic heterocycles. The summed E-state index contributed by atoms with van der Waals surface area (Å²) < 4.78 is 18.0. The fourth-order valence-electron chi connectivity index (χ4n) is 4.89. The Morgan fingerprint density at radius 3 is 2.67 bits per heavy atom. The van der Waals surface area contributed by atoms with Gasteiger partial charge in [-0.1, -0.05) is 31.0 Å². The van der Waals surface area contributed by atoms with E-state index in [-0.39, 0.29) is 12.2 Å². The Hall–Kier alpha value is -2.59. The van der Waals surface area contributed by atoms with Crippen LogP contribution in [0.2, 0.25) is 0 Å². The molecule has 27 heavy (non-hydrogen) atoms. The molecule has 136 valence electrons. The van der Waals surface area contributed by atoms with Gasteiger partial charge >= 0.3 is 0 Å². The van der Waals surface area contributed by atoms with E-state index in [0.717, 1.165) is 34.4 Å². The minimum atomic E-state index is -0.0831. The maximum atomic E-state index is 6.69. The highest BCUT2D eigenvalue weighted by molar-refractivity contribution is 5.79. The first-order valence-electron chi connectivity index (χ1n) is 9.80. The van der Waals surface area contributed by atoms with Gasteiger partial charge in [0.2, 0.25) is 6.79 Å². The zero-order valence-corrected chi connectivity index (χ0v) is 15.1. The summed E-state index contributed by atoms with van der Waals surface area (Å²) in [7, 11) is 0. The Balaban J connectivity index is 1.52. The quantitative estimate of drug-likeness (QED) is 0.605. The maximum Gasteiger partial charge on any atom is 0.231 e. The molecule has 0 radical (unpaired) electrons. The van der Waals surface area contributed by atoms with Crippen LogP contribution in [0.15, 0.2) is 48.7 Å². The molecule has 1 saturated carbocycles. The molecular formula is C23H21NO3. The summed E-state index contributed by atoms with van der Waals surface area (Å²) in [6.45, 7) is 0.303. The van der Waals surface area contributed by atoms with Gasteiger partial charge < -0.3 is 14.2 Å². The molecule has 3 heterocycles. The van der Waals surface area contributed by atoms with Gasteiger partial charge in [-0.2, -0.15) is 0 Å². The van der Waals surface area contributed by atoms with E-state index >= 15 is 0 Å². The topological polar surface area (TPSA) is 40.6 Å². The number of pyridine rings is 1. The second-order valence-corrected chi connectivity index (χ2v) is 7.74. The molecule has 3 atom stereocenters. The summed E-state index contributed by atoms with van der Waals surface area (Å²) in [4.78, 5) is 4.53. The van der Waals surface area contributed by atoms with Crippen molar-refractivity contribution in [1.29, 1.82) is 0 Å². The van der Waals surface area contributed by atoms with Crippen molar-refractivity contribution >= 4 is 10.9 Å². The van der Waals surface area contributed by atoms with E-state index in [1.54, 1.807) is 0 Å². The average Bonchev–Trinajstić information content (AvgIpc) is 3.19. The Bertz CT molecular complexity index is 1030. The van der Waals surface area contributed by atoms with E-state index in [2.05, 4.69) is 41.4 Å². The first-order valence-corrected chi connectivity index (χ1v) is 9.80. The Morgan fingerprint density at radius 2 is 1.74 bits per heavy atom. The molecule has 3 aromatic rings. The molecule has 2 aliphatic heterocycles. The number of hydrogen-bond donors (Lipinski definition) is 0. The fraction of sp³-hybridized carbons (Fsp3) is 0.348. The van der Waals surface area contributed by atoms with Gasteiger partial charge in [-0.25, -0.2) is 0 Å². The lowest BCUT2D eigenvalue weighted by Gasteiger charge is -2.41. The van der Waals surface area contributed by atoms with Gasteiger partial charge in [-0.05, 0) is 53.8 Å². The number of hydrogen-bond acceptors (Lipinski definition) is 4. The largest absolute Gasteiger partial charge is 0.454 e. The maximum absolute atomic E-state index is 6.69. The monoisotopic (exact) mass is 359 g/mol. The SMILES string of the molecule is c1cnc2cc([C@@H]3O[C@@H]4CCCC[C@@H]4c4cc5c(cc43)OCO5)ccc2c1. The molecule has 6 rings (SSSR count). The highest BCUT2D eigenvalue weighted by Crippen LogP contribution is 2.50. The predicted molar refractivity (Wildman–Crippen MR) is 102 cm³/mol. The molecule has 0 spiro atoms. The van der Waals surface area contributed by atoms with Gasteiger partial charge in [0.05, 0.1) is 11.6 Å². The molecule has 4 heteroatoms. The lowest BCUT2D eigenvalue weighted by molar-refractivity contribution is -0.0389. The van der Waals surface area contributed by atoms with Crippen molar-refractivity contribution in [2.24, 2.45) is 0 Å². The van der Waals surface area contributed by atoms with E-state index in [1.165, 1.54) is 30.4 Å². The van der Waals surface area contributed by atoms with Crippen molar-refractivity contribution in [1.82, 2.24) is 4.98 Å². The van der Waals surface area contributed by atoms with E-state index < -0.39 is 0 Å². The fourth-order valence-corrected chi connectivity index (χ4v) is 4.89. The second-order valence-electron chi connectivity index (χ2n) is 7.74. The minimum absolute atomic E-state index is 0.0831. The smallest absolute Gasteiger partial charge is 0.231 e. The van der Waals surface area contributed by atoms with Crippen LogP contribution < -0.4 is 9.47 Å².